The number of nitrogen functional groups attached to an aromatic ring is 1. The number of amides is 1. The molecule has 3 nitrogen and oxygen atoms in total. The average Bonchev–Trinajstić information content (AvgIpc) is 2.26. The van der Waals surface area contributed by atoms with E-state index in [0.29, 0.717) is 0 Å². The van der Waals surface area contributed by atoms with Crippen molar-refractivity contribution in [2.24, 2.45) is 0 Å². The Morgan fingerprint density at radius 1 is 1.33 bits per heavy atom. The van der Waals surface area contributed by atoms with Crippen LogP contribution < -0.4 is 5.73 Å². The molecule has 0 unspecified atom stereocenters. The molecule has 0 bridgehead atoms. The largest absolute Gasteiger partial charge is 0.398 e. The van der Waals surface area contributed by atoms with Crippen LogP contribution in [0.2, 0.25) is 0 Å². The number of rotatable bonds is 3. The highest BCUT2D eigenvalue weighted by molar-refractivity contribution is 9.10. The molecule has 15 heavy (non-hydrogen) atoms. The van der Waals surface area contributed by atoms with Crippen LogP contribution in [-0.2, 0) is 4.79 Å². The van der Waals surface area contributed by atoms with Gasteiger partial charge in [0.2, 0.25) is 6.41 Å². The molecule has 84 valence electrons. The van der Waals surface area contributed by atoms with Gasteiger partial charge in [0.15, 0.2) is 0 Å². The average molecular weight is 273 g/mol. The Morgan fingerprint density at radius 3 is 2.07 bits per heavy atom. The number of nitrogens with zero attached hydrogens (tertiary/aromatic N) is 1. The van der Waals surface area contributed by atoms with Gasteiger partial charge in [0, 0.05) is 23.2 Å². The van der Waals surface area contributed by atoms with Gasteiger partial charge in [0.25, 0.3) is 0 Å². The van der Waals surface area contributed by atoms with Crippen molar-refractivity contribution in [1.29, 1.82) is 0 Å². The zero-order chi connectivity index (χ0) is 11.7. The lowest BCUT2D eigenvalue weighted by atomic mass is 10.3. The summed E-state index contributed by atoms with van der Waals surface area (Å²) < 4.78 is 0.958. The van der Waals surface area contributed by atoms with Gasteiger partial charge in [-0.25, -0.2) is 0 Å². The summed E-state index contributed by atoms with van der Waals surface area (Å²) in [5.41, 5.74) is 6.26. The summed E-state index contributed by atoms with van der Waals surface area (Å²) in [6.07, 6.45) is 0.861. The number of nitrogens with two attached hydrogens (primary N) is 1. The van der Waals surface area contributed by atoms with E-state index >= 15 is 0 Å². The molecule has 0 aromatic heterocycles. The number of anilines is 1. The smallest absolute Gasteiger partial charge is 0.209 e. The molecule has 0 heterocycles. The van der Waals surface area contributed by atoms with Crippen LogP contribution in [0.15, 0.2) is 28.7 Å². The van der Waals surface area contributed by atoms with Gasteiger partial charge in [0.05, 0.1) is 0 Å². The summed E-state index contributed by atoms with van der Waals surface area (Å²) >= 11 is 3.27. The SMILES string of the molecule is CCN(C=O)CC.Nc1ccccc1Br. The molecule has 0 spiro atoms. The van der Waals surface area contributed by atoms with E-state index in [2.05, 4.69) is 15.9 Å². The van der Waals surface area contributed by atoms with E-state index in [1.165, 1.54) is 0 Å². The Balaban J connectivity index is 0.000000265. The monoisotopic (exact) mass is 272 g/mol. The molecule has 0 saturated carbocycles. The molecule has 2 N–H and O–H groups in total. The summed E-state index contributed by atoms with van der Waals surface area (Å²) in [6.45, 7) is 5.55. The summed E-state index contributed by atoms with van der Waals surface area (Å²) in [7, 11) is 0. The second kappa shape index (κ2) is 8.29. The summed E-state index contributed by atoms with van der Waals surface area (Å²) in [6, 6.07) is 7.60. The molecular weight excluding hydrogens is 256 g/mol. The molecule has 0 aliphatic heterocycles. The van der Waals surface area contributed by atoms with E-state index in [0.717, 1.165) is 29.7 Å². The van der Waals surface area contributed by atoms with Crippen LogP contribution in [0.3, 0.4) is 0 Å². The van der Waals surface area contributed by atoms with Crippen molar-refractivity contribution < 1.29 is 4.79 Å². The second-order valence-electron chi connectivity index (χ2n) is 2.85. The van der Waals surface area contributed by atoms with Gasteiger partial charge in [-0.05, 0) is 41.9 Å². The van der Waals surface area contributed by atoms with Crippen LogP contribution in [0.5, 0.6) is 0 Å². The summed E-state index contributed by atoms with van der Waals surface area (Å²) in [4.78, 5) is 11.6. The minimum absolute atomic E-state index is 0.785. The molecule has 1 amide bonds. The third-order valence-corrected chi connectivity index (χ3v) is 2.59. The van der Waals surface area contributed by atoms with E-state index in [9.17, 15) is 4.79 Å². The molecule has 0 radical (unpaired) electrons. The molecule has 0 aliphatic carbocycles. The first kappa shape index (κ1) is 14.0. The van der Waals surface area contributed by atoms with Crippen molar-refractivity contribution in [3.8, 4) is 0 Å². The number of benzene rings is 1. The van der Waals surface area contributed by atoms with E-state index < -0.39 is 0 Å². The molecule has 1 aromatic rings. The highest BCUT2D eigenvalue weighted by atomic mass is 79.9. The highest BCUT2D eigenvalue weighted by Gasteiger charge is 1.87. The minimum atomic E-state index is 0.785. The third-order valence-electron chi connectivity index (χ3n) is 1.87. The van der Waals surface area contributed by atoms with Gasteiger partial charge in [-0.15, -0.1) is 0 Å². The van der Waals surface area contributed by atoms with Crippen LogP contribution >= 0.6 is 15.9 Å². The molecule has 4 heteroatoms. The number of carbonyl (C=O) groups excluding carboxylic acids is 1. The van der Waals surface area contributed by atoms with Gasteiger partial charge >= 0.3 is 0 Å². The van der Waals surface area contributed by atoms with Gasteiger partial charge in [-0.1, -0.05) is 12.1 Å². The Hall–Kier alpha value is -1.03. The van der Waals surface area contributed by atoms with Gasteiger partial charge in [0.1, 0.15) is 0 Å². The molecule has 0 saturated heterocycles. The fourth-order valence-corrected chi connectivity index (χ4v) is 1.13. The predicted octanol–water partition coefficient (Wildman–Crippen LogP) is 2.52. The number of carbonyl (C=O) groups is 1. The highest BCUT2D eigenvalue weighted by Crippen LogP contribution is 2.16. The Bertz CT molecular complexity index is 267. The Labute approximate surface area is 99.4 Å². The van der Waals surface area contributed by atoms with Crippen molar-refractivity contribution in [2.75, 3.05) is 18.8 Å². The molecule has 0 fully saturated rings. The molecular formula is C11H17BrN2O. The van der Waals surface area contributed by atoms with Crippen LogP contribution in [-0.4, -0.2) is 24.4 Å². The summed E-state index contributed by atoms with van der Waals surface area (Å²) in [5.74, 6) is 0. The third kappa shape index (κ3) is 6.12. The molecule has 0 aliphatic rings. The predicted molar refractivity (Wildman–Crippen MR) is 67.5 cm³/mol. The van der Waals surface area contributed by atoms with Crippen LogP contribution in [0.1, 0.15) is 13.8 Å². The fourth-order valence-electron chi connectivity index (χ4n) is 0.848. The standard InChI is InChI=1S/C6H6BrN.C5H11NO/c7-5-3-1-2-4-6(5)8;1-3-6(4-2)5-7/h1-4H,8H2;5H,3-4H2,1-2H3. The first-order valence-corrected chi connectivity index (χ1v) is 5.64. The van der Waals surface area contributed by atoms with Gasteiger partial charge in [-0.3, -0.25) is 4.79 Å². The van der Waals surface area contributed by atoms with E-state index in [4.69, 9.17) is 5.73 Å². The Morgan fingerprint density at radius 2 is 1.87 bits per heavy atom. The number of halogens is 1. The van der Waals surface area contributed by atoms with Crippen LogP contribution in [0.4, 0.5) is 5.69 Å². The maximum Gasteiger partial charge on any atom is 0.209 e. The van der Waals surface area contributed by atoms with E-state index in [1.54, 1.807) is 4.90 Å². The first-order chi connectivity index (χ1) is 7.15. The van der Waals surface area contributed by atoms with Gasteiger partial charge < -0.3 is 10.6 Å². The van der Waals surface area contributed by atoms with Crippen LogP contribution in [0, 0.1) is 0 Å². The fraction of sp³-hybridized carbons (Fsp3) is 0.364. The lowest BCUT2D eigenvalue weighted by Gasteiger charge is -2.08. The van der Waals surface area contributed by atoms with Crippen molar-refractivity contribution >= 4 is 28.0 Å². The molecule has 0 atom stereocenters. The van der Waals surface area contributed by atoms with Crippen molar-refractivity contribution in [2.45, 2.75) is 13.8 Å². The number of hydrogen-bond donors (Lipinski definition) is 1. The second-order valence-corrected chi connectivity index (χ2v) is 3.70. The summed E-state index contributed by atoms with van der Waals surface area (Å²) in [5, 5.41) is 0. The normalized spacial score (nSPS) is 8.73. The van der Waals surface area contributed by atoms with E-state index in [1.807, 2.05) is 38.1 Å². The first-order valence-electron chi connectivity index (χ1n) is 4.85. The number of para-hydroxylation sites is 1. The zero-order valence-corrected chi connectivity index (χ0v) is 10.7. The van der Waals surface area contributed by atoms with Crippen molar-refractivity contribution in [1.82, 2.24) is 4.90 Å². The van der Waals surface area contributed by atoms with Crippen LogP contribution in [0.25, 0.3) is 0 Å². The van der Waals surface area contributed by atoms with Crippen molar-refractivity contribution in [3.63, 3.8) is 0 Å². The number of hydrogen-bond acceptors (Lipinski definition) is 2. The van der Waals surface area contributed by atoms with Crippen molar-refractivity contribution in [3.05, 3.63) is 28.7 Å². The zero-order valence-electron chi connectivity index (χ0n) is 9.11. The minimum Gasteiger partial charge on any atom is -0.398 e. The quantitative estimate of drug-likeness (QED) is 0.679. The van der Waals surface area contributed by atoms with E-state index in [-0.39, 0.29) is 0 Å². The lowest BCUT2D eigenvalue weighted by Crippen LogP contribution is -2.19. The van der Waals surface area contributed by atoms with Gasteiger partial charge in [-0.2, -0.15) is 0 Å². The topological polar surface area (TPSA) is 46.3 Å². The lowest BCUT2D eigenvalue weighted by molar-refractivity contribution is -0.117. The molecule has 1 aromatic carbocycles. The Kier molecular flexibility index (Phi) is 7.72. The molecule has 1 rings (SSSR count). The maximum absolute atomic E-state index is 9.89. The maximum atomic E-state index is 9.89.